The van der Waals surface area contributed by atoms with Crippen molar-refractivity contribution in [3.63, 3.8) is 0 Å². The minimum absolute atomic E-state index is 0.186. The number of nitrogens with zero attached hydrogens (tertiary/aromatic N) is 4. The van der Waals surface area contributed by atoms with Crippen LogP contribution >= 0.6 is 0 Å². The molecule has 2 N–H and O–H groups in total. The van der Waals surface area contributed by atoms with E-state index in [1.807, 2.05) is 30.1 Å². The maximum Gasteiger partial charge on any atom is 0.227 e. The fourth-order valence-electron chi connectivity index (χ4n) is 5.24. The molecule has 0 unspecified atom stereocenters. The summed E-state index contributed by atoms with van der Waals surface area (Å²) in [4.78, 5) is 11.4. The molecule has 1 aromatic heterocycles. The average molecular weight is 512 g/mol. The number of aromatic nitrogens is 2. The number of anilines is 2. The molecule has 2 fully saturated rings. The number of rotatable bonds is 8. The summed E-state index contributed by atoms with van der Waals surface area (Å²) >= 11 is 0. The highest BCUT2D eigenvalue weighted by molar-refractivity contribution is 7.90. The van der Waals surface area contributed by atoms with Crippen LogP contribution in [0.1, 0.15) is 31.2 Å². The van der Waals surface area contributed by atoms with Gasteiger partial charge >= 0.3 is 0 Å². The Labute approximate surface area is 212 Å². The lowest BCUT2D eigenvalue weighted by Crippen LogP contribution is -2.50. The summed E-state index contributed by atoms with van der Waals surface area (Å²) < 4.78 is 38.3. The number of ether oxygens (including phenoxy) is 2. The second kappa shape index (κ2) is 9.40. The Balaban J connectivity index is 1.45. The normalized spacial score (nSPS) is 18.2. The van der Waals surface area contributed by atoms with E-state index in [-0.39, 0.29) is 10.7 Å². The molecule has 0 bridgehead atoms. The van der Waals surface area contributed by atoms with Gasteiger partial charge in [0.15, 0.2) is 11.5 Å². The fraction of sp³-hybridized carbons (Fsp3) is 0.462. The van der Waals surface area contributed by atoms with Crippen LogP contribution in [0.4, 0.5) is 11.8 Å². The molecule has 9 nitrogen and oxygen atoms in total. The third-order valence-corrected chi connectivity index (χ3v) is 9.87. The van der Waals surface area contributed by atoms with Crippen molar-refractivity contribution in [2.75, 3.05) is 51.5 Å². The SMILES string of the molecule is COc1cc2nc(N(C)CC3(c4ccccc4)CCN(S(=O)(=O)C4CC4)CC3)nc(N)c2cc1OC. The van der Waals surface area contributed by atoms with Crippen molar-refractivity contribution in [3.05, 3.63) is 48.0 Å². The van der Waals surface area contributed by atoms with Gasteiger partial charge in [-0.25, -0.2) is 17.7 Å². The van der Waals surface area contributed by atoms with E-state index in [4.69, 9.17) is 20.2 Å². The molecule has 2 aromatic carbocycles. The van der Waals surface area contributed by atoms with Crippen LogP contribution in [-0.2, 0) is 15.4 Å². The largest absolute Gasteiger partial charge is 0.493 e. The Kier molecular flexibility index (Phi) is 6.42. The van der Waals surface area contributed by atoms with Gasteiger partial charge in [0.2, 0.25) is 16.0 Å². The van der Waals surface area contributed by atoms with Gasteiger partial charge in [-0.2, -0.15) is 4.98 Å². The third kappa shape index (κ3) is 4.43. The number of nitrogens with two attached hydrogens (primary N) is 1. The number of benzene rings is 2. The number of likely N-dealkylation sites (N-methyl/N-ethyl adjacent to an activating group) is 1. The van der Waals surface area contributed by atoms with E-state index in [0.717, 1.165) is 25.7 Å². The predicted molar refractivity (Wildman–Crippen MR) is 141 cm³/mol. The zero-order valence-corrected chi connectivity index (χ0v) is 21.8. The van der Waals surface area contributed by atoms with Gasteiger partial charge in [0.1, 0.15) is 5.82 Å². The van der Waals surface area contributed by atoms with Gasteiger partial charge in [-0.05, 0) is 37.3 Å². The minimum Gasteiger partial charge on any atom is -0.493 e. The molecule has 10 heteroatoms. The third-order valence-electron chi connectivity index (χ3n) is 7.47. The monoisotopic (exact) mass is 511 g/mol. The number of sulfonamides is 1. The molecule has 1 aliphatic heterocycles. The second-order valence-corrected chi connectivity index (χ2v) is 12.0. The molecule has 36 heavy (non-hydrogen) atoms. The van der Waals surface area contributed by atoms with Gasteiger partial charge in [0.05, 0.1) is 25.0 Å². The van der Waals surface area contributed by atoms with Crippen LogP contribution in [0.5, 0.6) is 11.5 Å². The van der Waals surface area contributed by atoms with Crippen LogP contribution in [0.15, 0.2) is 42.5 Å². The first kappa shape index (κ1) is 24.6. The topological polar surface area (TPSA) is 111 Å². The van der Waals surface area contributed by atoms with Gasteiger partial charge < -0.3 is 20.1 Å². The van der Waals surface area contributed by atoms with Crippen LogP contribution in [0, 0.1) is 0 Å². The highest BCUT2D eigenvalue weighted by atomic mass is 32.2. The molecule has 1 saturated carbocycles. The summed E-state index contributed by atoms with van der Waals surface area (Å²) in [6.45, 7) is 1.66. The quantitative estimate of drug-likeness (QED) is 0.491. The maximum absolute atomic E-state index is 12.9. The van der Waals surface area contributed by atoms with E-state index in [0.29, 0.717) is 53.8 Å². The molecule has 0 radical (unpaired) electrons. The number of hydrogen-bond acceptors (Lipinski definition) is 8. The van der Waals surface area contributed by atoms with Gasteiger partial charge in [0.25, 0.3) is 0 Å². The van der Waals surface area contributed by atoms with Crippen molar-refractivity contribution >= 4 is 32.7 Å². The molecule has 0 atom stereocenters. The molecule has 3 aromatic rings. The first-order valence-corrected chi connectivity index (χ1v) is 13.7. The first-order valence-electron chi connectivity index (χ1n) is 12.2. The van der Waals surface area contributed by atoms with Crippen LogP contribution < -0.4 is 20.1 Å². The van der Waals surface area contributed by atoms with E-state index in [9.17, 15) is 8.42 Å². The van der Waals surface area contributed by atoms with Crippen LogP contribution in [-0.4, -0.2) is 68.8 Å². The van der Waals surface area contributed by atoms with E-state index in [1.54, 1.807) is 30.7 Å². The van der Waals surface area contributed by atoms with E-state index in [2.05, 4.69) is 17.1 Å². The molecular weight excluding hydrogens is 478 g/mol. The van der Waals surface area contributed by atoms with E-state index < -0.39 is 10.0 Å². The molecule has 0 spiro atoms. The maximum atomic E-state index is 12.9. The number of nitrogen functional groups attached to an aromatic ring is 1. The number of piperidine rings is 1. The van der Waals surface area contributed by atoms with Crippen LogP contribution in [0.3, 0.4) is 0 Å². The Morgan fingerprint density at radius 2 is 1.69 bits per heavy atom. The summed E-state index contributed by atoms with van der Waals surface area (Å²) in [6, 6.07) is 13.9. The van der Waals surface area contributed by atoms with Crippen LogP contribution in [0.25, 0.3) is 10.9 Å². The van der Waals surface area contributed by atoms with Crippen molar-refractivity contribution in [1.29, 1.82) is 0 Å². The zero-order chi connectivity index (χ0) is 25.5. The molecule has 192 valence electrons. The van der Waals surface area contributed by atoms with Gasteiger partial charge in [-0.15, -0.1) is 0 Å². The smallest absolute Gasteiger partial charge is 0.227 e. The molecule has 0 amide bonds. The summed E-state index contributed by atoms with van der Waals surface area (Å²) in [6.07, 6.45) is 3.01. The highest BCUT2D eigenvalue weighted by Crippen LogP contribution is 2.40. The summed E-state index contributed by atoms with van der Waals surface area (Å²) in [7, 11) is 1.93. The van der Waals surface area contributed by atoms with Crippen LogP contribution in [0.2, 0.25) is 0 Å². The highest BCUT2D eigenvalue weighted by Gasteiger charge is 2.45. The second-order valence-electron chi connectivity index (χ2n) is 9.78. The molecule has 2 aliphatic rings. The van der Waals surface area contributed by atoms with Crippen molar-refractivity contribution in [2.45, 2.75) is 36.3 Å². The van der Waals surface area contributed by atoms with E-state index in [1.165, 1.54) is 5.56 Å². The van der Waals surface area contributed by atoms with Gasteiger partial charge in [-0.1, -0.05) is 30.3 Å². The molecule has 1 saturated heterocycles. The number of methoxy groups -OCH3 is 2. The minimum atomic E-state index is -3.19. The van der Waals surface area contributed by atoms with Crippen molar-refractivity contribution in [3.8, 4) is 11.5 Å². The molecule has 2 heterocycles. The first-order chi connectivity index (χ1) is 17.3. The lowest BCUT2D eigenvalue weighted by molar-refractivity contribution is 0.235. The Hall–Kier alpha value is -3.11. The Bertz CT molecular complexity index is 1350. The van der Waals surface area contributed by atoms with Crippen molar-refractivity contribution in [2.24, 2.45) is 0 Å². The Morgan fingerprint density at radius 3 is 2.31 bits per heavy atom. The molecule has 1 aliphatic carbocycles. The van der Waals surface area contributed by atoms with Crippen molar-refractivity contribution in [1.82, 2.24) is 14.3 Å². The fourth-order valence-corrected chi connectivity index (χ4v) is 7.08. The zero-order valence-electron chi connectivity index (χ0n) is 21.0. The lowest BCUT2D eigenvalue weighted by atomic mass is 9.73. The van der Waals surface area contributed by atoms with Gasteiger partial charge in [0, 0.05) is 43.5 Å². The summed E-state index contributed by atoms with van der Waals surface area (Å²) in [5, 5.41) is 0.509. The predicted octanol–water partition coefficient (Wildman–Crippen LogP) is 3.19. The Morgan fingerprint density at radius 1 is 1.06 bits per heavy atom. The molecular formula is C26H33N5O4S. The summed E-state index contributed by atoms with van der Waals surface area (Å²) in [5.41, 5.74) is 7.96. The van der Waals surface area contributed by atoms with Crippen molar-refractivity contribution < 1.29 is 17.9 Å². The lowest BCUT2D eigenvalue weighted by Gasteiger charge is -2.43. The standard InChI is InChI=1S/C26H33N5O4S/c1-30(25-28-21-16-23(35-3)22(34-2)15-20(21)24(27)29-25)17-26(18-7-5-4-6-8-18)11-13-31(14-12-26)36(32,33)19-9-10-19/h4-8,15-16,19H,9-14,17H2,1-3H3,(H2,27,28,29). The molecule has 5 rings (SSSR count). The number of hydrogen-bond donors (Lipinski definition) is 1. The van der Waals surface area contributed by atoms with Gasteiger partial charge in [-0.3, -0.25) is 0 Å². The summed E-state index contributed by atoms with van der Waals surface area (Å²) in [5.74, 6) is 2.01. The average Bonchev–Trinajstić information content (AvgIpc) is 3.75. The number of fused-ring (bicyclic) bond motifs is 1. The van der Waals surface area contributed by atoms with E-state index >= 15 is 0 Å².